The van der Waals surface area contributed by atoms with Crippen LogP contribution in [0.1, 0.15) is 43.2 Å². The Labute approximate surface area is 175 Å². The zero-order valence-electron chi connectivity index (χ0n) is 17.2. The smallest absolute Gasteiger partial charge is 0.246 e. The highest BCUT2D eigenvalue weighted by Crippen LogP contribution is 2.25. The molecule has 6 nitrogen and oxygen atoms in total. The largest absolute Gasteiger partial charge is 0.334 e. The van der Waals surface area contributed by atoms with Crippen molar-refractivity contribution >= 4 is 5.91 Å². The number of aryl methyl sites for hydroxylation is 1. The molecule has 7 heteroatoms. The summed E-state index contributed by atoms with van der Waals surface area (Å²) < 4.78 is 13.3. The van der Waals surface area contributed by atoms with Crippen molar-refractivity contribution in [2.24, 2.45) is 0 Å². The highest BCUT2D eigenvalue weighted by Gasteiger charge is 2.26. The van der Waals surface area contributed by atoms with E-state index in [0.717, 1.165) is 42.4 Å². The maximum Gasteiger partial charge on any atom is 0.246 e. The molecule has 1 aliphatic rings. The van der Waals surface area contributed by atoms with E-state index in [0.29, 0.717) is 12.4 Å². The normalized spacial score (nSPS) is 14.6. The lowest BCUT2D eigenvalue weighted by Crippen LogP contribution is -2.42. The third-order valence-corrected chi connectivity index (χ3v) is 5.72. The molecule has 0 saturated heterocycles. The van der Waals surface area contributed by atoms with Crippen molar-refractivity contribution in [1.82, 2.24) is 25.1 Å². The standard InChI is InChI=1S/C23H26FN5O/c1-17-7-5-6-10-21(17)23-25-27-29(26-23)16-22(30)28(20-8-3-2-4-9-20)15-18-11-13-19(24)14-12-18/h5-7,10-14,20H,2-4,8-9,15-16H2,1H3. The van der Waals surface area contributed by atoms with E-state index in [-0.39, 0.29) is 24.3 Å². The highest BCUT2D eigenvalue weighted by atomic mass is 19.1. The monoisotopic (exact) mass is 407 g/mol. The zero-order chi connectivity index (χ0) is 20.9. The van der Waals surface area contributed by atoms with Gasteiger partial charge in [-0.1, -0.05) is 55.7 Å². The van der Waals surface area contributed by atoms with Crippen molar-refractivity contribution in [1.29, 1.82) is 0 Å². The molecular weight excluding hydrogens is 381 g/mol. The van der Waals surface area contributed by atoms with Crippen molar-refractivity contribution < 1.29 is 9.18 Å². The topological polar surface area (TPSA) is 63.9 Å². The molecular formula is C23H26FN5O. The maximum absolute atomic E-state index is 13.3. The lowest BCUT2D eigenvalue weighted by atomic mass is 9.93. The Bertz CT molecular complexity index is 995. The fourth-order valence-electron chi connectivity index (χ4n) is 4.05. The SMILES string of the molecule is Cc1ccccc1-c1nnn(CC(=O)N(Cc2ccc(F)cc2)C2CCCCC2)n1. The minimum Gasteiger partial charge on any atom is -0.334 e. The first-order valence-electron chi connectivity index (χ1n) is 10.5. The number of nitrogens with zero attached hydrogens (tertiary/aromatic N) is 5. The number of halogens is 1. The van der Waals surface area contributed by atoms with Crippen LogP contribution in [-0.4, -0.2) is 37.1 Å². The lowest BCUT2D eigenvalue weighted by Gasteiger charge is -2.34. The van der Waals surface area contributed by atoms with Gasteiger partial charge in [-0.2, -0.15) is 4.80 Å². The second kappa shape index (κ2) is 9.15. The predicted octanol–water partition coefficient (Wildman–Crippen LogP) is 4.15. The molecule has 0 spiro atoms. The van der Waals surface area contributed by atoms with E-state index >= 15 is 0 Å². The van der Waals surface area contributed by atoms with Crippen LogP contribution in [-0.2, 0) is 17.9 Å². The molecule has 1 aromatic heterocycles. The van der Waals surface area contributed by atoms with Crippen LogP contribution in [0.2, 0.25) is 0 Å². The second-order valence-electron chi connectivity index (χ2n) is 7.90. The third-order valence-electron chi connectivity index (χ3n) is 5.72. The van der Waals surface area contributed by atoms with Crippen molar-refractivity contribution in [2.45, 2.75) is 58.2 Å². The molecule has 3 aromatic rings. The van der Waals surface area contributed by atoms with Crippen LogP contribution in [0.25, 0.3) is 11.4 Å². The molecule has 0 unspecified atom stereocenters. The molecule has 4 rings (SSSR count). The summed E-state index contributed by atoms with van der Waals surface area (Å²) in [7, 11) is 0. The average molecular weight is 407 g/mol. The number of tetrazole rings is 1. The molecule has 30 heavy (non-hydrogen) atoms. The summed E-state index contributed by atoms with van der Waals surface area (Å²) in [6.07, 6.45) is 5.44. The quantitative estimate of drug-likeness (QED) is 0.616. The van der Waals surface area contributed by atoms with Crippen LogP contribution in [0.4, 0.5) is 4.39 Å². The Morgan fingerprint density at radius 2 is 1.83 bits per heavy atom. The molecule has 0 aliphatic heterocycles. The lowest BCUT2D eigenvalue weighted by molar-refractivity contribution is -0.136. The van der Waals surface area contributed by atoms with Crippen LogP contribution in [0.5, 0.6) is 0 Å². The van der Waals surface area contributed by atoms with Crippen molar-refractivity contribution in [3.63, 3.8) is 0 Å². The summed E-state index contributed by atoms with van der Waals surface area (Å²) in [6, 6.07) is 14.4. The van der Waals surface area contributed by atoms with Gasteiger partial charge in [0.25, 0.3) is 0 Å². The molecule has 0 radical (unpaired) electrons. The summed E-state index contributed by atoms with van der Waals surface area (Å²) in [5, 5.41) is 12.7. The van der Waals surface area contributed by atoms with Crippen molar-refractivity contribution in [3.8, 4) is 11.4 Å². The summed E-state index contributed by atoms with van der Waals surface area (Å²) in [6.45, 7) is 2.49. The molecule has 1 aliphatic carbocycles. The van der Waals surface area contributed by atoms with Crippen molar-refractivity contribution in [2.75, 3.05) is 0 Å². The number of benzene rings is 2. The summed E-state index contributed by atoms with van der Waals surface area (Å²) in [5.41, 5.74) is 2.89. The number of hydrogen-bond acceptors (Lipinski definition) is 4. The van der Waals surface area contributed by atoms with Gasteiger partial charge in [0.15, 0.2) is 0 Å². The van der Waals surface area contributed by atoms with Crippen molar-refractivity contribution in [3.05, 3.63) is 65.5 Å². The van der Waals surface area contributed by atoms with Gasteiger partial charge in [0, 0.05) is 18.2 Å². The number of rotatable bonds is 6. The summed E-state index contributed by atoms with van der Waals surface area (Å²) >= 11 is 0. The Hall–Kier alpha value is -3.09. The van der Waals surface area contributed by atoms with E-state index in [1.54, 1.807) is 12.1 Å². The summed E-state index contributed by atoms with van der Waals surface area (Å²) in [4.78, 5) is 16.5. The van der Waals surface area contributed by atoms with E-state index in [2.05, 4.69) is 15.4 Å². The van der Waals surface area contributed by atoms with Crippen LogP contribution in [0.3, 0.4) is 0 Å². The Balaban J connectivity index is 1.51. The molecule has 1 amide bonds. The first kappa shape index (κ1) is 20.2. The zero-order valence-corrected chi connectivity index (χ0v) is 17.2. The van der Waals surface area contributed by atoms with Gasteiger partial charge >= 0.3 is 0 Å². The highest BCUT2D eigenvalue weighted by molar-refractivity contribution is 5.76. The number of hydrogen-bond donors (Lipinski definition) is 0. The molecule has 1 saturated carbocycles. The molecule has 1 fully saturated rings. The Morgan fingerprint density at radius 3 is 2.57 bits per heavy atom. The van der Waals surface area contributed by atoms with Crippen LogP contribution in [0, 0.1) is 12.7 Å². The third kappa shape index (κ3) is 4.72. The van der Waals surface area contributed by atoms with Gasteiger partial charge in [0.2, 0.25) is 11.7 Å². The minimum atomic E-state index is -0.273. The fraction of sp³-hybridized carbons (Fsp3) is 0.391. The van der Waals surface area contributed by atoms with E-state index in [9.17, 15) is 9.18 Å². The number of amides is 1. The van der Waals surface area contributed by atoms with Gasteiger partial charge in [-0.3, -0.25) is 4.79 Å². The first-order valence-corrected chi connectivity index (χ1v) is 10.5. The van der Waals surface area contributed by atoms with Gasteiger partial charge in [0.05, 0.1) is 0 Å². The van der Waals surface area contributed by atoms with E-state index < -0.39 is 0 Å². The first-order chi connectivity index (χ1) is 14.6. The molecule has 1 heterocycles. The van der Waals surface area contributed by atoms with Gasteiger partial charge in [-0.05, 0) is 48.2 Å². The predicted molar refractivity (Wildman–Crippen MR) is 112 cm³/mol. The second-order valence-corrected chi connectivity index (χ2v) is 7.90. The van der Waals surface area contributed by atoms with Crippen LogP contribution >= 0.6 is 0 Å². The molecule has 156 valence electrons. The molecule has 2 aromatic carbocycles. The number of carbonyl (C=O) groups excluding carboxylic acids is 1. The average Bonchev–Trinajstić information content (AvgIpc) is 3.22. The van der Waals surface area contributed by atoms with E-state index in [1.165, 1.54) is 23.4 Å². The molecule has 0 N–H and O–H groups in total. The van der Waals surface area contributed by atoms with Gasteiger partial charge in [-0.25, -0.2) is 4.39 Å². The van der Waals surface area contributed by atoms with Crippen LogP contribution in [0.15, 0.2) is 48.5 Å². The van der Waals surface area contributed by atoms with E-state index in [1.807, 2.05) is 36.1 Å². The minimum absolute atomic E-state index is 0.0383. The van der Waals surface area contributed by atoms with Crippen LogP contribution < -0.4 is 0 Å². The Kier molecular flexibility index (Phi) is 6.16. The van der Waals surface area contributed by atoms with Gasteiger partial charge in [0.1, 0.15) is 12.4 Å². The molecule has 0 bridgehead atoms. The van der Waals surface area contributed by atoms with Gasteiger partial charge < -0.3 is 4.90 Å². The number of carbonyl (C=O) groups is 1. The molecule has 0 atom stereocenters. The fourth-order valence-corrected chi connectivity index (χ4v) is 4.05. The Morgan fingerprint density at radius 1 is 1.10 bits per heavy atom. The summed E-state index contributed by atoms with van der Waals surface area (Å²) in [5.74, 6) is 0.202. The van der Waals surface area contributed by atoms with E-state index in [4.69, 9.17) is 0 Å². The number of aromatic nitrogens is 4. The van der Waals surface area contributed by atoms with Gasteiger partial charge in [-0.15, -0.1) is 10.2 Å². The maximum atomic E-state index is 13.3.